The van der Waals surface area contributed by atoms with Gasteiger partial charge < -0.3 is 19.7 Å². The molecule has 2 atom stereocenters. The zero-order valence-electron chi connectivity index (χ0n) is 20.4. The Morgan fingerprint density at radius 3 is 2.49 bits per heavy atom. The average molecular weight is 501 g/mol. The summed E-state index contributed by atoms with van der Waals surface area (Å²) in [5.74, 6) is 0.374. The summed E-state index contributed by atoms with van der Waals surface area (Å²) in [5, 5.41) is 3.01. The molecule has 1 heterocycles. The third-order valence-corrected chi connectivity index (χ3v) is 6.79. The topological polar surface area (TPSA) is 67.9 Å². The van der Waals surface area contributed by atoms with Gasteiger partial charge in [0.15, 0.2) is 11.5 Å². The standard InChI is InChI=1S/C30H29FN2O4/c31-24-13-11-22(12-14-24)19-33(28(34)17-21-7-3-1-4-8-21)29(23-9-5-2-6-10-23)30(35)32-25-15-16-26-27(18-25)37-20-36-26/h1-5,7-8,11-16,18,23,29H,6,9-10,17,19-20H2,(H,32,35). The van der Waals surface area contributed by atoms with Crippen LogP contribution in [0.15, 0.2) is 84.9 Å². The maximum atomic E-state index is 13.9. The van der Waals surface area contributed by atoms with E-state index in [2.05, 4.69) is 17.5 Å². The summed E-state index contributed by atoms with van der Waals surface area (Å²) in [5.41, 5.74) is 2.20. The second kappa shape index (κ2) is 11.3. The number of carbonyl (C=O) groups is 2. The molecule has 2 aliphatic rings. The minimum atomic E-state index is -0.711. The fourth-order valence-corrected chi connectivity index (χ4v) is 4.90. The van der Waals surface area contributed by atoms with E-state index in [4.69, 9.17) is 9.47 Å². The Morgan fingerprint density at radius 1 is 0.946 bits per heavy atom. The van der Waals surface area contributed by atoms with Crippen molar-refractivity contribution < 1.29 is 23.5 Å². The van der Waals surface area contributed by atoms with Crippen molar-refractivity contribution in [1.82, 2.24) is 4.90 Å². The number of ether oxygens (including phenoxy) is 2. The van der Waals surface area contributed by atoms with Crippen LogP contribution in [0.3, 0.4) is 0 Å². The van der Waals surface area contributed by atoms with E-state index >= 15 is 0 Å². The van der Waals surface area contributed by atoms with Crippen LogP contribution < -0.4 is 14.8 Å². The van der Waals surface area contributed by atoms with E-state index in [0.29, 0.717) is 23.6 Å². The molecule has 2 unspecified atom stereocenters. The van der Waals surface area contributed by atoms with Gasteiger partial charge in [0, 0.05) is 18.3 Å². The van der Waals surface area contributed by atoms with Gasteiger partial charge in [0.05, 0.1) is 6.42 Å². The van der Waals surface area contributed by atoms with Gasteiger partial charge >= 0.3 is 0 Å². The molecule has 37 heavy (non-hydrogen) atoms. The molecule has 190 valence electrons. The van der Waals surface area contributed by atoms with Gasteiger partial charge in [-0.15, -0.1) is 0 Å². The second-order valence-corrected chi connectivity index (χ2v) is 9.36. The van der Waals surface area contributed by atoms with Gasteiger partial charge in [0.2, 0.25) is 18.6 Å². The Balaban J connectivity index is 1.46. The number of fused-ring (bicyclic) bond motifs is 1. The van der Waals surface area contributed by atoms with Crippen LogP contribution >= 0.6 is 0 Å². The SMILES string of the molecule is O=C(Nc1ccc2c(c1)OCO2)C(C1CC=CCC1)N(Cc1ccc(F)cc1)C(=O)Cc1ccccc1. The van der Waals surface area contributed by atoms with E-state index < -0.39 is 6.04 Å². The summed E-state index contributed by atoms with van der Waals surface area (Å²) in [6, 6.07) is 20.1. The number of hydrogen-bond donors (Lipinski definition) is 1. The van der Waals surface area contributed by atoms with Crippen LogP contribution in [-0.2, 0) is 22.6 Å². The first-order chi connectivity index (χ1) is 18.1. The predicted octanol–water partition coefficient (Wildman–Crippen LogP) is 5.49. The number of nitrogens with one attached hydrogen (secondary N) is 1. The van der Waals surface area contributed by atoms with Gasteiger partial charge in [-0.25, -0.2) is 4.39 Å². The van der Waals surface area contributed by atoms with Crippen LogP contribution in [0, 0.1) is 11.7 Å². The van der Waals surface area contributed by atoms with E-state index in [1.54, 1.807) is 35.2 Å². The number of rotatable bonds is 8. The Kier molecular flexibility index (Phi) is 7.49. The largest absolute Gasteiger partial charge is 0.454 e. The van der Waals surface area contributed by atoms with Gasteiger partial charge in [0.1, 0.15) is 11.9 Å². The molecule has 1 N–H and O–H groups in total. The van der Waals surface area contributed by atoms with Gasteiger partial charge in [-0.1, -0.05) is 54.6 Å². The molecule has 1 aliphatic carbocycles. The zero-order valence-corrected chi connectivity index (χ0v) is 20.4. The Bertz CT molecular complexity index is 1280. The summed E-state index contributed by atoms with van der Waals surface area (Å²) in [6.07, 6.45) is 6.67. The fourth-order valence-electron chi connectivity index (χ4n) is 4.90. The van der Waals surface area contributed by atoms with Crippen molar-refractivity contribution in [1.29, 1.82) is 0 Å². The summed E-state index contributed by atoms with van der Waals surface area (Å²) in [6.45, 7) is 0.342. The third-order valence-electron chi connectivity index (χ3n) is 6.79. The van der Waals surface area contributed by atoms with Crippen molar-refractivity contribution in [2.45, 2.75) is 38.3 Å². The van der Waals surface area contributed by atoms with Crippen molar-refractivity contribution >= 4 is 17.5 Å². The minimum Gasteiger partial charge on any atom is -0.454 e. The van der Waals surface area contributed by atoms with E-state index in [1.807, 2.05) is 30.3 Å². The number of hydrogen-bond acceptors (Lipinski definition) is 4. The highest BCUT2D eigenvalue weighted by Crippen LogP contribution is 2.35. The molecule has 0 spiro atoms. The minimum absolute atomic E-state index is 0.0563. The van der Waals surface area contributed by atoms with Crippen LogP contribution in [-0.4, -0.2) is 29.5 Å². The smallest absolute Gasteiger partial charge is 0.247 e. The van der Waals surface area contributed by atoms with Crippen LogP contribution in [0.25, 0.3) is 0 Å². The van der Waals surface area contributed by atoms with Gasteiger partial charge in [-0.2, -0.15) is 0 Å². The molecule has 0 aromatic heterocycles. The molecule has 0 saturated carbocycles. The second-order valence-electron chi connectivity index (χ2n) is 9.36. The van der Waals surface area contributed by atoms with E-state index in [0.717, 1.165) is 24.0 Å². The summed E-state index contributed by atoms with van der Waals surface area (Å²) < 4.78 is 24.5. The van der Waals surface area contributed by atoms with E-state index in [-0.39, 0.29) is 43.3 Å². The maximum Gasteiger partial charge on any atom is 0.247 e. The molecule has 5 rings (SSSR count). The molecule has 7 heteroatoms. The molecule has 1 aliphatic heterocycles. The monoisotopic (exact) mass is 500 g/mol. The number of anilines is 1. The van der Waals surface area contributed by atoms with Gasteiger partial charge in [-0.3, -0.25) is 9.59 Å². The van der Waals surface area contributed by atoms with Crippen molar-refractivity contribution in [3.63, 3.8) is 0 Å². The molecule has 0 saturated heterocycles. The Morgan fingerprint density at radius 2 is 1.73 bits per heavy atom. The van der Waals surface area contributed by atoms with Crippen molar-refractivity contribution in [2.24, 2.45) is 5.92 Å². The molecule has 2 amide bonds. The Hall–Kier alpha value is -4.13. The number of amides is 2. The maximum absolute atomic E-state index is 13.9. The van der Waals surface area contributed by atoms with Crippen LogP contribution in [0.4, 0.5) is 10.1 Å². The highest BCUT2D eigenvalue weighted by molar-refractivity contribution is 5.98. The number of benzene rings is 3. The van der Waals surface area contributed by atoms with E-state index in [9.17, 15) is 14.0 Å². The van der Waals surface area contributed by atoms with Crippen molar-refractivity contribution in [3.8, 4) is 11.5 Å². The summed E-state index contributed by atoms with van der Waals surface area (Å²) in [4.78, 5) is 29.3. The third kappa shape index (κ3) is 6.00. The molecule has 0 fully saturated rings. The predicted molar refractivity (Wildman–Crippen MR) is 139 cm³/mol. The number of allylic oxidation sites excluding steroid dienone is 2. The highest BCUT2D eigenvalue weighted by Gasteiger charge is 2.36. The molecular formula is C30H29FN2O4. The first-order valence-corrected chi connectivity index (χ1v) is 12.5. The first-order valence-electron chi connectivity index (χ1n) is 12.5. The van der Waals surface area contributed by atoms with Crippen LogP contribution in [0.2, 0.25) is 0 Å². The molecule has 6 nitrogen and oxygen atoms in total. The molecular weight excluding hydrogens is 471 g/mol. The van der Waals surface area contributed by atoms with Gasteiger partial charge in [0.25, 0.3) is 0 Å². The normalized spacial score (nSPS) is 16.7. The first kappa shape index (κ1) is 24.6. The fraction of sp³-hybridized carbons (Fsp3) is 0.267. The quantitative estimate of drug-likeness (QED) is 0.416. The molecule has 0 bridgehead atoms. The van der Waals surface area contributed by atoms with Gasteiger partial charge in [-0.05, 0) is 60.6 Å². The lowest BCUT2D eigenvalue weighted by atomic mass is 9.85. The van der Waals surface area contributed by atoms with E-state index in [1.165, 1.54) is 12.1 Å². The molecule has 3 aromatic carbocycles. The number of nitrogens with zero attached hydrogens (tertiary/aromatic N) is 1. The molecule has 0 radical (unpaired) electrons. The molecule has 3 aromatic rings. The zero-order chi connectivity index (χ0) is 25.6. The van der Waals surface area contributed by atoms with Crippen LogP contribution in [0.5, 0.6) is 11.5 Å². The number of halogens is 1. The van der Waals surface area contributed by atoms with Crippen molar-refractivity contribution in [3.05, 3.63) is 102 Å². The summed E-state index contributed by atoms with van der Waals surface area (Å²) in [7, 11) is 0. The summed E-state index contributed by atoms with van der Waals surface area (Å²) >= 11 is 0. The average Bonchev–Trinajstić information content (AvgIpc) is 3.39. The van der Waals surface area contributed by atoms with Crippen molar-refractivity contribution in [2.75, 3.05) is 12.1 Å². The lowest BCUT2D eigenvalue weighted by molar-refractivity contribution is -0.141. The van der Waals surface area contributed by atoms with Crippen LogP contribution in [0.1, 0.15) is 30.4 Å². The lowest BCUT2D eigenvalue weighted by Crippen LogP contribution is -2.51. The highest BCUT2D eigenvalue weighted by atomic mass is 19.1. The lowest BCUT2D eigenvalue weighted by Gasteiger charge is -2.37. The Labute approximate surface area is 215 Å². The number of carbonyl (C=O) groups excluding carboxylic acids is 2.